The van der Waals surface area contributed by atoms with Gasteiger partial charge in [0.2, 0.25) is 5.91 Å². The minimum Gasteiger partial charge on any atom is -0.490 e. The molecule has 1 fully saturated rings. The molecule has 7 nitrogen and oxygen atoms in total. The number of anilines is 1. The fraction of sp³-hybridized carbons (Fsp3) is 0.375. The number of carbonyl (C=O) groups is 1. The first kappa shape index (κ1) is 20.9. The second-order valence-corrected chi connectivity index (χ2v) is 7.41. The molecule has 1 aromatic heterocycles. The zero-order chi connectivity index (χ0) is 21.8. The van der Waals surface area contributed by atoms with Crippen molar-refractivity contribution in [3.63, 3.8) is 0 Å². The summed E-state index contributed by atoms with van der Waals surface area (Å²) in [6.45, 7) is 7.58. The standard InChI is InChI=1S/C24H27N3O4/c1-4-16-7-10-19(11-8-16)27-15-18(14-22(27)28)23-25-24(31-26-23)17-9-12-20(29-5-2)21(13-17)30-6-3/h7-13,18H,4-6,14-15H2,1-3H3/t18-/m1/s1. The van der Waals surface area contributed by atoms with Crippen LogP contribution in [0.15, 0.2) is 47.0 Å². The Kier molecular flexibility index (Phi) is 6.21. The van der Waals surface area contributed by atoms with Crippen molar-refractivity contribution in [2.75, 3.05) is 24.7 Å². The second kappa shape index (κ2) is 9.20. The van der Waals surface area contributed by atoms with Crippen molar-refractivity contribution < 1.29 is 18.8 Å². The van der Waals surface area contributed by atoms with Crippen LogP contribution in [-0.4, -0.2) is 35.8 Å². The van der Waals surface area contributed by atoms with Gasteiger partial charge in [-0.2, -0.15) is 4.98 Å². The fourth-order valence-electron chi connectivity index (χ4n) is 3.74. The molecule has 2 aromatic carbocycles. The van der Waals surface area contributed by atoms with Crippen molar-refractivity contribution in [2.24, 2.45) is 0 Å². The molecule has 1 aliphatic rings. The molecule has 7 heteroatoms. The Morgan fingerprint density at radius 3 is 2.48 bits per heavy atom. The maximum atomic E-state index is 12.6. The Morgan fingerprint density at radius 2 is 1.77 bits per heavy atom. The molecular formula is C24H27N3O4. The molecule has 0 unspecified atom stereocenters. The maximum Gasteiger partial charge on any atom is 0.258 e. The lowest BCUT2D eigenvalue weighted by molar-refractivity contribution is -0.117. The summed E-state index contributed by atoms with van der Waals surface area (Å²) in [7, 11) is 0. The van der Waals surface area contributed by atoms with Gasteiger partial charge in [0.15, 0.2) is 17.3 Å². The Balaban J connectivity index is 1.52. The lowest BCUT2D eigenvalue weighted by Gasteiger charge is -2.16. The topological polar surface area (TPSA) is 77.7 Å². The number of carbonyl (C=O) groups excluding carboxylic acids is 1. The van der Waals surface area contributed by atoms with E-state index in [0.717, 1.165) is 17.7 Å². The van der Waals surface area contributed by atoms with Crippen LogP contribution in [0.3, 0.4) is 0 Å². The molecule has 1 atom stereocenters. The number of hydrogen-bond donors (Lipinski definition) is 0. The lowest BCUT2D eigenvalue weighted by Crippen LogP contribution is -2.24. The van der Waals surface area contributed by atoms with Crippen LogP contribution < -0.4 is 14.4 Å². The van der Waals surface area contributed by atoms with Crippen molar-refractivity contribution in [3.8, 4) is 23.0 Å². The van der Waals surface area contributed by atoms with Crippen LogP contribution in [0.5, 0.6) is 11.5 Å². The number of amides is 1. The van der Waals surface area contributed by atoms with Crippen LogP contribution in [-0.2, 0) is 11.2 Å². The Labute approximate surface area is 182 Å². The third-order valence-electron chi connectivity index (χ3n) is 5.38. The van der Waals surface area contributed by atoms with E-state index in [-0.39, 0.29) is 11.8 Å². The van der Waals surface area contributed by atoms with Crippen LogP contribution in [0, 0.1) is 0 Å². The molecule has 0 spiro atoms. The van der Waals surface area contributed by atoms with Crippen molar-refractivity contribution in [1.82, 2.24) is 10.1 Å². The van der Waals surface area contributed by atoms with Crippen LogP contribution in [0.2, 0.25) is 0 Å². The van der Waals surface area contributed by atoms with E-state index in [0.29, 0.717) is 49.4 Å². The second-order valence-electron chi connectivity index (χ2n) is 7.41. The van der Waals surface area contributed by atoms with Crippen LogP contribution >= 0.6 is 0 Å². The van der Waals surface area contributed by atoms with E-state index in [1.165, 1.54) is 5.56 Å². The summed E-state index contributed by atoms with van der Waals surface area (Å²) < 4.78 is 16.8. The third kappa shape index (κ3) is 4.40. The summed E-state index contributed by atoms with van der Waals surface area (Å²) in [6.07, 6.45) is 1.33. The first-order valence-electron chi connectivity index (χ1n) is 10.8. The highest BCUT2D eigenvalue weighted by Gasteiger charge is 2.34. The molecule has 1 saturated heterocycles. The van der Waals surface area contributed by atoms with Gasteiger partial charge in [-0.25, -0.2) is 0 Å². The Bertz CT molecular complexity index is 1050. The first-order chi connectivity index (χ1) is 15.1. The quantitative estimate of drug-likeness (QED) is 0.528. The highest BCUT2D eigenvalue weighted by atomic mass is 16.5. The number of rotatable bonds is 8. The van der Waals surface area contributed by atoms with Gasteiger partial charge in [-0.15, -0.1) is 0 Å². The summed E-state index contributed by atoms with van der Waals surface area (Å²) in [5.74, 6) is 2.23. The van der Waals surface area contributed by atoms with Crippen LogP contribution in [0.4, 0.5) is 5.69 Å². The number of ether oxygens (including phenoxy) is 2. The third-order valence-corrected chi connectivity index (χ3v) is 5.38. The van der Waals surface area contributed by atoms with E-state index >= 15 is 0 Å². The predicted molar refractivity (Wildman–Crippen MR) is 118 cm³/mol. The number of aryl methyl sites for hydroxylation is 1. The Hall–Kier alpha value is -3.35. The number of aromatic nitrogens is 2. The minimum atomic E-state index is -0.107. The van der Waals surface area contributed by atoms with Gasteiger partial charge in [0.1, 0.15) is 0 Å². The van der Waals surface area contributed by atoms with Crippen molar-refractivity contribution in [2.45, 2.75) is 39.5 Å². The molecule has 0 bridgehead atoms. The highest BCUT2D eigenvalue weighted by molar-refractivity contribution is 5.96. The maximum absolute atomic E-state index is 12.6. The summed E-state index contributed by atoms with van der Waals surface area (Å²) in [5, 5.41) is 4.16. The van der Waals surface area contributed by atoms with Gasteiger partial charge < -0.3 is 18.9 Å². The van der Waals surface area contributed by atoms with E-state index < -0.39 is 0 Å². The van der Waals surface area contributed by atoms with E-state index in [1.807, 2.05) is 44.2 Å². The highest BCUT2D eigenvalue weighted by Crippen LogP contribution is 2.34. The van der Waals surface area contributed by atoms with Gasteiger partial charge >= 0.3 is 0 Å². The zero-order valence-electron chi connectivity index (χ0n) is 18.1. The van der Waals surface area contributed by atoms with Gasteiger partial charge in [-0.3, -0.25) is 4.79 Å². The summed E-state index contributed by atoms with van der Waals surface area (Å²) >= 11 is 0. The Morgan fingerprint density at radius 1 is 1.03 bits per heavy atom. The van der Waals surface area contributed by atoms with Gasteiger partial charge in [-0.1, -0.05) is 24.2 Å². The van der Waals surface area contributed by atoms with Gasteiger partial charge in [-0.05, 0) is 56.2 Å². The molecule has 0 radical (unpaired) electrons. The average Bonchev–Trinajstić information content (AvgIpc) is 3.42. The molecule has 4 rings (SSSR count). The molecule has 0 aliphatic carbocycles. The molecule has 2 heterocycles. The molecule has 0 saturated carbocycles. The van der Waals surface area contributed by atoms with Gasteiger partial charge in [0, 0.05) is 30.1 Å². The van der Waals surface area contributed by atoms with Gasteiger partial charge in [0.25, 0.3) is 5.89 Å². The average molecular weight is 421 g/mol. The molecular weight excluding hydrogens is 394 g/mol. The molecule has 0 N–H and O–H groups in total. The predicted octanol–water partition coefficient (Wildman–Crippen LogP) is 4.62. The van der Waals surface area contributed by atoms with Crippen molar-refractivity contribution in [3.05, 3.63) is 53.9 Å². The number of nitrogens with zero attached hydrogens (tertiary/aromatic N) is 3. The summed E-state index contributed by atoms with van der Waals surface area (Å²) in [6, 6.07) is 13.7. The van der Waals surface area contributed by atoms with E-state index in [4.69, 9.17) is 14.0 Å². The normalized spacial score (nSPS) is 16.0. The van der Waals surface area contributed by atoms with Crippen LogP contribution in [0.1, 0.15) is 44.5 Å². The molecule has 1 aliphatic heterocycles. The summed E-state index contributed by atoms with van der Waals surface area (Å²) in [5.41, 5.74) is 2.90. The first-order valence-corrected chi connectivity index (χ1v) is 10.8. The number of hydrogen-bond acceptors (Lipinski definition) is 6. The zero-order valence-corrected chi connectivity index (χ0v) is 18.1. The monoisotopic (exact) mass is 421 g/mol. The molecule has 3 aromatic rings. The van der Waals surface area contributed by atoms with Gasteiger partial charge in [0.05, 0.1) is 13.2 Å². The number of benzene rings is 2. The minimum absolute atomic E-state index is 0.0697. The van der Waals surface area contributed by atoms with E-state index in [1.54, 1.807) is 4.90 Å². The van der Waals surface area contributed by atoms with E-state index in [2.05, 4.69) is 29.2 Å². The SMILES string of the molecule is CCOc1ccc(-c2nc([C@@H]3CC(=O)N(c4ccc(CC)cc4)C3)no2)cc1OCC. The fourth-order valence-corrected chi connectivity index (χ4v) is 3.74. The largest absolute Gasteiger partial charge is 0.490 e. The smallest absolute Gasteiger partial charge is 0.258 e. The van der Waals surface area contributed by atoms with E-state index in [9.17, 15) is 4.79 Å². The summed E-state index contributed by atoms with van der Waals surface area (Å²) in [4.78, 5) is 19.0. The molecule has 1 amide bonds. The molecule has 162 valence electrons. The van der Waals surface area contributed by atoms with Crippen molar-refractivity contribution in [1.29, 1.82) is 0 Å². The lowest BCUT2D eigenvalue weighted by atomic mass is 10.1. The molecule has 31 heavy (non-hydrogen) atoms. The van der Waals surface area contributed by atoms with Crippen molar-refractivity contribution >= 4 is 11.6 Å². The van der Waals surface area contributed by atoms with Crippen LogP contribution in [0.25, 0.3) is 11.5 Å².